The molecule has 21 heavy (non-hydrogen) atoms. The molecule has 2 rings (SSSR count). The molecule has 0 bridgehead atoms. The van der Waals surface area contributed by atoms with E-state index in [9.17, 15) is 18.7 Å². The molecular formula is C16H24FO3P. The third kappa shape index (κ3) is 4.91. The van der Waals surface area contributed by atoms with Crippen LogP contribution in [-0.2, 0) is 11.0 Å². The summed E-state index contributed by atoms with van der Waals surface area (Å²) in [7, 11) is -4.07. The molecule has 1 aliphatic rings. The van der Waals surface area contributed by atoms with Gasteiger partial charge in [-0.3, -0.25) is 4.57 Å². The molecule has 1 unspecified atom stereocenters. The van der Waals surface area contributed by atoms with Gasteiger partial charge < -0.3 is 9.79 Å². The summed E-state index contributed by atoms with van der Waals surface area (Å²) in [5.74, 6) is -0.108. The van der Waals surface area contributed by atoms with Crippen LogP contribution in [0.4, 0.5) is 4.39 Å². The van der Waals surface area contributed by atoms with E-state index in [-0.39, 0.29) is 11.7 Å². The number of hydrogen-bond donors (Lipinski definition) is 2. The lowest BCUT2D eigenvalue weighted by Gasteiger charge is -2.30. The minimum Gasteiger partial charge on any atom is -0.324 e. The summed E-state index contributed by atoms with van der Waals surface area (Å²) in [5.41, 5.74) is 0.0789. The topological polar surface area (TPSA) is 57.5 Å². The SMILES string of the molecule is O=P(O)(O)C(CCCc1ccccc1F)C1CCCCC1. The van der Waals surface area contributed by atoms with Crippen LogP contribution in [0.15, 0.2) is 24.3 Å². The van der Waals surface area contributed by atoms with Crippen LogP contribution in [0.5, 0.6) is 0 Å². The lowest BCUT2D eigenvalue weighted by molar-refractivity contribution is 0.281. The first-order chi connectivity index (χ1) is 9.98. The van der Waals surface area contributed by atoms with Crippen LogP contribution in [0.2, 0.25) is 0 Å². The normalized spacial score (nSPS) is 18.6. The zero-order chi connectivity index (χ0) is 15.3. The first-order valence-electron chi connectivity index (χ1n) is 7.77. The number of aryl methyl sites for hydroxylation is 1. The molecule has 1 saturated carbocycles. The van der Waals surface area contributed by atoms with Crippen molar-refractivity contribution in [2.45, 2.75) is 57.0 Å². The van der Waals surface area contributed by atoms with Crippen LogP contribution >= 0.6 is 7.60 Å². The van der Waals surface area contributed by atoms with Crippen molar-refractivity contribution in [3.63, 3.8) is 0 Å². The Kier molecular flexibility index (Phi) is 5.98. The number of rotatable bonds is 6. The Morgan fingerprint density at radius 3 is 2.48 bits per heavy atom. The molecule has 0 radical (unpaired) electrons. The molecule has 0 heterocycles. The second-order valence-corrected chi connectivity index (χ2v) is 7.88. The molecule has 0 saturated heterocycles. The highest BCUT2D eigenvalue weighted by Crippen LogP contribution is 2.50. The second-order valence-electron chi connectivity index (χ2n) is 6.04. The Hall–Kier alpha value is -0.700. The molecule has 0 aliphatic heterocycles. The van der Waals surface area contributed by atoms with E-state index in [1.165, 1.54) is 12.5 Å². The van der Waals surface area contributed by atoms with Gasteiger partial charge >= 0.3 is 7.60 Å². The van der Waals surface area contributed by atoms with E-state index in [1.54, 1.807) is 18.2 Å². The van der Waals surface area contributed by atoms with Gasteiger partial charge in [-0.2, -0.15) is 0 Å². The fourth-order valence-corrected chi connectivity index (χ4v) is 4.77. The third-order valence-electron chi connectivity index (χ3n) is 4.53. The van der Waals surface area contributed by atoms with Gasteiger partial charge in [0.05, 0.1) is 5.66 Å². The van der Waals surface area contributed by atoms with Gasteiger partial charge in [-0.05, 0) is 49.7 Å². The van der Waals surface area contributed by atoms with Crippen LogP contribution in [0, 0.1) is 11.7 Å². The zero-order valence-corrected chi connectivity index (χ0v) is 13.1. The van der Waals surface area contributed by atoms with Crippen LogP contribution in [0.1, 0.15) is 50.5 Å². The van der Waals surface area contributed by atoms with Crippen LogP contribution in [0.25, 0.3) is 0 Å². The summed E-state index contributed by atoms with van der Waals surface area (Å²) in [5, 5.41) is 0. The van der Waals surface area contributed by atoms with Crippen molar-refractivity contribution in [1.82, 2.24) is 0 Å². The standard InChI is InChI=1S/C16H24FO3P/c17-15-11-5-4-7-13(15)10-6-12-16(21(18,19)20)14-8-2-1-3-9-14/h4-5,7,11,14,16H,1-3,6,8-10,12H2,(H2,18,19,20). The van der Waals surface area contributed by atoms with Gasteiger partial charge in [0, 0.05) is 0 Å². The van der Waals surface area contributed by atoms with Crippen molar-refractivity contribution >= 4 is 7.60 Å². The lowest BCUT2D eigenvalue weighted by Crippen LogP contribution is -2.23. The minimum atomic E-state index is -4.07. The van der Waals surface area contributed by atoms with E-state index >= 15 is 0 Å². The Labute approximate surface area is 125 Å². The molecule has 0 amide bonds. The molecule has 1 fully saturated rings. The van der Waals surface area contributed by atoms with E-state index in [4.69, 9.17) is 0 Å². The minimum absolute atomic E-state index is 0.125. The number of halogens is 1. The highest BCUT2D eigenvalue weighted by Gasteiger charge is 2.35. The molecule has 3 nitrogen and oxygen atoms in total. The van der Waals surface area contributed by atoms with Crippen molar-refractivity contribution in [1.29, 1.82) is 0 Å². The van der Waals surface area contributed by atoms with Gasteiger partial charge in [0.25, 0.3) is 0 Å². The molecule has 1 aromatic carbocycles. The van der Waals surface area contributed by atoms with Gasteiger partial charge in [-0.1, -0.05) is 37.5 Å². The van der Waals surface area contributed by atoms with Crippen LogP contribution in [-0.4, -0.2) is 15.4 Å². The zero-order valence-electron chi connectivity index (χ0n) is 12.2. The molecule has 5 heteroatoms. The van der Waals surface area contributed by atoms with Crippen molar-refractivity contribution in [3.8, 4) is 0 Å². The summed E-state index contributed by atoms with van der Waals surface area (Å²) in [6, 6.07) is 6.61. The fourth-order valence-electron chi connectivity index (χ4n) is 3.40. The van der Waals surface area contributed by atoms with Gasteiger partial charge in [0.1, 0.15) is 5.82 Å². The highest BCUT2D eigenvalue weighted by molar-refractivity contribution is 7.52. The first-order valence-corrected chi connectivity index (χ1v) is 9.45. The van der Waals surface area contributed by atoms with Crippen LogP contribution < -0.4 is 0 Å². The fraction of sp³-hybridized carbons (Fsp3) is 0.625. The molecule has 1 aromatic rings. The predicted octanol–water partition coefficient (Wildman–Crippen LogP) is 4.28. The molecule has 0 aromatic heterocycles. The third-order valence-corrected chi connectivity index (χ3v) is 6.07. The molecule has 1 aliphatic carbocycles. The van der Waals surface area contributed by atoms with Crippen LogP contribution in [0.3, 0.4) is 0 Å². The lowest BCUT2D eigenvalue weighted by atomic mass is 9.85. The summed E-state index contributed by atoms with van der Waals surface area (Å²) in [4.78, 5) is 19.2. The maximum atomic E-state index is 13.5. The Bertz CT molecular complexity index is 494. The van der Waals surface area contributed by atoms with E-state index in [0.29, 0.717) is 24.8 Å². The largest absolute Gasteiger partial charge is 0.328 e. The van der Waals surface area contributed by atoms with E-state index in [2.05, 4.69) is 0 Å². The maximum absolute atomic E-state index is 13.5. The Morgan fingerprint density at radius 2 is 1.86 bits per heavy atom. The van der Waals surface area contributed by atoms with E-state index in [1.807, 2.05) is 0 Å². The summed E-state index contributed by atoms with van der Waals surface area (Å²) >= 11 is 0. The van der Waals surface area contributed by atoms with Gasteiger partial charge in [0.15, 0.2) is 0 Å². The van der Waals surface area contributed by atoms with E-state index in [0.717, 1.165) is 25.7 Å². The van der Waals surface area contributed by atoms with E-state index < -0.39 is 13.3 Å². The molecule has 2 N–H and O–H groups in total. The van der Waals surface area contributed by atoms with Crippen molar-refractivity contribution in [2.24, 2.45) is 5.92 Å². The summed E-state index contributed by atoms with van der Waals surface area (Å²) in [6.07, 6.45) is 6.75. The smallest absolute Gasteiger partial charge is 0.324 e. The first kappa shape index (κ1) is 16.7. The molecule has 0 spiro atoms. The highest BCUT2D eigenvalue weighted by atomic mass is 31.2. The predicted molar refractivity (Wildman–Crippen MR) is 81.7 cm³/mol. The number of hydrogen-bond acceptors (Lipinski definition) is 1. The summed E-state index contributed by atoms with van der Waals surface area (Å²) in [6.45, 7) is 0. The second kappa shape index (κ2) is 7.53. The van der Waals surface area contributed by atoms with Gasteiger partial charge in [0.2, 0.25) is 0 Å². The Morgan fingerprint density at radius 1 is 1.19 bits per heavy atom. The van der Waals surface area contributed by atoms with Crippen molar-refractivity contribution < 1.29 is 18.7 Å². The average Bonchev–Trinajstić information content (AvgIpc) is 2.45. The average molecular weight is 314 g/mol. The van der Waals surface area contributed by atoms with Crippen molar-refractivity contribution in [3.05, 3.63) is 35.6 Å². The summed E-state index contributed by atoms with van der Waals surface area (Å²) < 4.78 is 25.3. The number of benzene rings is 1. The maximum Gasteiger partial charge on any atom is 0.328 e. The quantitative estimate of drug-likeness (QED) is 0.771. The molecular weight excluding hydrogens is 290 g/mol. The monoisotopic (exact) mass is 314 g/mol. The molecule has 118 valence electrons. The van der Waals surface area contributed by atoms with Gasteiger partial charge in [-0.15, -0.1) is 0 Å². The van der Waals surface area contributed by atoms with Crippen molar-refractivity contribution in [2.75, 3.05) is 0 Å². The van der Waals surface area contributed by atoms with Gasteiger partial charge in [-0.25, -0.2) is 4.39 Å². The molecule has 1 atom stereocenters. The Balaban J connectivity index is 1.93.